The number of rotatable bonds is 4. The average Bonchev–Trinajstić information content (AvgIpc) is 2.85. The molecule has 0 radical (unpaired) electrons. The second-order valence-electron chi connectivity index (χ2n) is 3.24. The Morgan fingerprint density at radius 3 is 3.00 bits per heavy atom. The summed E-state index contributed by atoms with van der Waals surface area (Å²) in [4.78, 5) is 0. The monoisotopic (exact) mass is 286 g/mol. The maximum Gasteiger partial charge on any atom is 0.0935 e. The minimum Gasteiger partial charge on any atom is -0.472 e. The lowest BCUT2D eigenvalue weighted by Crippen LogP contribution is -2.29. The van der Waals surface area contributed by atoms with Crippen molar-refractivity contribution in [3.63, 3.8) is 0 Å². The highest BCUT2D eigenvalue weighted by molar-refractivity contribution is 9.11. The third-order valence-corrected chi connectivity index (χ3v) is 3.73. The molecule has 0 fully saturated rings. The summed E-state index contributed by atoms with van der Waals surface area (Å²) in [5.41, 5.74) is 5.14. The summed E-state index contributed by atoms with van der Waals surface area (Å²) in [6.07, 6.45) is 4.24. The fourth-order valence-corrected chi connectivity index (χ4v) is 2.65. The molecule has 2 rings (SSSR count). The molecule has 0 aromatic carbocycles. The van der Waals surface area contributed by atoms with Crippen LogP contribution in [0.15, 0.2) is 38.2 Å². The van der Waals surface area contributed by atoms with Gasteiger partial charge in [0.1, 0.15) is 0 Å². The first-order chi connectivity index (χ1) is 7.29. The third kappa shape index (κ3) is 2.69. The smallest absolute Gasteiger partial charge is 0.0935 e. The Labute approximate surface area is 100 Å². The van der Waals surface area contributed by atoms with Crippen LogP contribution < -0.4 is 11.3 Å². The zero-order valence-corrected chi connectivity index (χ0v) is 10.3. The maximum atomic E-state index is 5.54. The zero-order valence-electron chi connectivity index (χ0n) is 7.94. The molecule has 15 heavy (non-hydrogen) atoms. The van der Waals surface area contributed by atoms with Crippen molar-refractivity contribution in [2.24, 2.45) is 5.84 Å². The number of hydrogen-bond donors (Lipinski definition) is 2. The van der Waals surface area contributed by atoms with Crippen molar-refractivity contribution in [3.8, 4) is 0 Å². The predicted molar refractivity (Wildman–Crippen MR) is 64.5 cm³/mol. The third-order valence-electron chi connectivity index (χ3n) is 2.21. The van der Waals surface area contributed by atoms with E-state index in [2.05, 4.69) is 32.8 Å². The van der Waals surface area contributed by atoms with Gasteiger partial charge in [-0.2, -0.15) is 0 Å². The Balaban J connectivity index is 2.11. The lowest BCUT2D eigenvalue weighted by Gasteiger charge is -2.12. The summed E-state index contributed by atoms with van der Waals surface area (Å²) in [7, 11) is 0. The molecule has 1 unspecified atom stereocenters. The molecule has 0 spiro atoms. The number of hydrogen-bond acceptors (Lipinski definition) is 4. The average molecular weight is 287 g/mol. The fourth-order valence-electron chi connectivity index (χ4n) is 1.42. The first-order valence-corrected chi connectivity index (χ1v) is 6.18. The molecule has 0 aliphatic carbocycles. The summed E-state index contributed by atoms with van der Waals surface area (Å²) in [6, 6.07) is 4.16. The standard InChI is InChI=1S/C10H11BrN2OS/c11-10-4-8(6-15-10)9(13-12)3-7-1-2-14-5-7/h1-2,4-6,9,13H,3,12H2. The van der Waals surface area contributed by atoms with Gasteiger partial charge in [-0.25, -0.2) is 0 Å². The summed E-state index contributed by atoms with van der Waals surface area (Å²) >= 11 is 5.10. The van der Waals surface area contributed by atoms with Crippen molar-refractivity contribution in [1.29, 1.82) is 0 Å². The second-order valence-corrected chi connectivity index (χ2v) is 5.53. The second kappa shape index (κ2) is 4.94. The Morgan fingerprint density at radius 1 is 1.60 bits per heavy atom. The fraction of sp³-hybridized carbons (Fsp3) is 0.200. The number of furan rings is 1. The van der Waals surface area contributed by atoms with Crippen LogP contribution >= 0.6 is 27.3 Å². The largest absolute Gasteiger partial charge is 0.472 e. The van der Waals surface area contributed by atoms with Crippen molar-refractivity contribution in [1.82, 2.24) is 5.43 Å². The maximum absolute atomic E-state index is 5.54. The molecule has 5 heteroatoms. The molecule has 2 heterocycles. The first-order valence-electron chi connectivity index (χ1n) is 4.50. The molecule has 0 amide bonds. The Kier molecular flexibility index (Phi) is 3.58. The summed E-state index contributed by atoms with van der Waals surface area (Å²) in [5.74, 6) is 5.54. The summed E-state index contributed by atoms with van der Waals surface area (Å²) in [6.45, 7) is 0. The van der Waals surface area contributed by atoms with Gasteiger partial charge in [0.05, 0.1) is 22.4 Å². The zero-order chi connectivity index (χ0) is 10.7. The van der Waals surface area contributed by atoms with Crippen molar-refractivity contribution in [2.75, 3.05) is 0 Å². The lowest BCUT2D eigenvalue weighted by atomic mass is 10.0. The van der Waals surface area contributed by atoms with Crippen LogP contribution in [-0.2, 0) is 6.42 Å². The van der Waals surface area contributed by atoms with Crippen LogP contribution in [0.3, 0.4) is 0 Å². The number of nitrogens with two attached hydrogens (primary N) is 1. The van der Waals surface area contributed by atoms with E-state index in [1.165, 1.54) is 5.56 Å². The van der Waals surface area contributed by atoms with E-state index < -0.39 is 0 Å². The van der Waals surface area contributed by atoms with E-state index in [1.807, 2.05) is 6.07 Å². The number of thiophene rings is 1. The Morgan fingerprint density at radius 2 is 2.47 bits per heavy atom. The van der Waals surface area contributed by atoms with Crippen molar-refractivity contribution in [2.45, 2.75) is 12.5 Å². The van der Waals surface area contributed by atoms with E-state index in [4.69, 9.17) is 10.3 Å². The van der Waals surface area contributed by atoms with Crippen molar-refractivity contribution >= 4 is 27.3 Å². The van der Waals surface area contributed by atoms with E-state index in [9.17, 15) is 0 Å². The summed E-state index contributed by atoms with van der Waals surface area (Å²) < 4.78 is 6.14. The van der Waals surface area contributed by atoms with Crippen molar-refractivity contribution < 1.29 is 4.42 Å². The van der Waals surface area contributed by atoms with Gasteiger partial charge >= 0.3 is 0 Å². The molecule has 2 aromatic rings. The topological polar surface area (TPSA) is 51.2 Å². The van der Waals surface area contributed by atoms with Gasteiger partial charge in [-0.05, 0) is 51.0 Å². The minimum absolute atomic E-state index is 0.130. The molecule has 2 aromatic heterocycles. The number of halogens is 1. The van der Waals surface area contributed by atoms with E-state index in [1.54, 1.807) is 23.9 Å². The number of nitrogens with one attached hydrogen (secondary N) is 1. The molecule has 1 atom stereocenters. The van der Waals surface area contributed by atoms with Gasteiger partial charge in [0.15, 0.2) is 0 Å². The molecule has 0 saturated heterocycles. The Hall–Kier alpha value is -0.620. The molecule has 3 nitrogen and oxygen atoms in total. The molecular weight excluding hydrogens is 276 g/mol. The number of hydrazine groups is 1. The quantitative estimate of drug-likeness (QED) is 0.671. The Bertz CT molecular complexity index is 413. The van der Waals surface area contributed by atoms with Gasteiger partial charge in [0.25, 0.3) is 0 Å². The van der Waals surface area contributed by atoms with Crippen LogP contribution in [0.4, 0.5) is 0 Å². The van der Waals surface area contributed by atoms with Gasteiger partial charge in [0.2, 0.25) is 0 Å². The highest BCUT2D eigenvalue weighted by Gasteiger charge is 2.12. The molecule has 3 N–H and O–H groups in total. The lowest BCUT2D eigenvalue weighted by molar-refractivity contribution is 0.537. The predicted octanol–water partition coefficient (Wildman–Crippen LogP) is 2.85. The van der Waals surface area contributed by atoms with Crippen molar-refractivity contribution in [3.05, 3.63) is 45.0 Å². The van der Waals surface area contributed by atoms with Gasteiger partial charge in [0, 0.05) is 0 Å². The molecule has 0 aliphatic heterocycles. The van der Waals surface area contributed by atoms with Crippen LogP contribution in [0.1, 0.15) is 17.2 Å². The highest BCUT2D eigenvalue weighted by Crippen LogP contribution is 2.26. The van der Waals surface area contributed by atoms with E-state index in [0.717, 1.165) is 15.8 Å². The molecule has 80 valence electrons. The SMILES string of the molecule is NNC(Cc1ccoc1)c1csc(Br)c1. The van der Waals surface area contributed by atoms with Gasteiger partial charge < -0.3 is 4.42 Å². The van der Waals surface area contributed by atoms with Gasteiger partial charge in [-0.15, -0.1) is 11.3 Å². The highest BCUT2D eigenvalue weighted by atomic mass is 79.9. The molecule has 0 bridgehead atoms. The van der Waals surface area contributed by atoms with Crippen LogP contribution in [-0.4, -0.2) is 0 Å². The van der Waals surface area contributed by atoms with Crippen LogP contribution in [0.2, 0.25) is 0 Å². The van der Waals surface area contributed by atoms with E-state index in [0.29, 0.717) is 0 Å². The van der Waals surface area contributed by atoms with E-state index in [-0.39, 0.29) is 6.04 Å². The first kappa shape index (κ1) is 10.9. The van der Waals surface area contributed by atoms with Crippen LogP contribution in [0.5, 0.6) is 0 Å². The normalized spacial score (nSPS) is 12.9. The molecule has 0 saturated carbocycles. The minimum atomic E-state index is 0.130. The van der Waals surface area contributed by atoms with Gasteiger partial charge in [-0.1, -0.05) is 0 Å². The molecular formula is C10H11BrN2OS. The summed E-state index contributed by atoms with van der Waals surface area (Å²) in [5, 5.41) is 2.09. The van der Waals surface area contributed by atoms with Gasteiger partial charge in [-0.3, -0.25) is 11.3 Å². The van der Waals surface area contributed by atoms with Crippen LogP contribution in [0.25, 0.3) is 0 Å². The van der Waals surface area contributed by atoms with E-state index >= 15 is 0 Å². The van der Waals surface area contributed by atoms with Crippen LogP contribution in [0, 0.1) is 0 Å². The molecule has 0 aliphatic rings.